The first-order valence-electron chi connectivity index (χ1n) is 12.5. The Bertz CT molecular complexity index is 1630. The second-order valence-corrected chi connectivity index (χ2v) is 9.85. The molecule has 4 rings (SSSR count). The van der Waals surface area contributed by atoms with Gasteiger partial charge in [-0.25, -0.2) is 0 Å². The lowest BCUT2D eigenvalue weighted by molar-refractivity contribution is -0.137. The number of benzene rings is 4. The summed E-state index contributed by atoms with van der Waals surface area (Å²) >= 11 is 3.37. The zero-order chi connectivity index (χ0) is 30.1. The SMILES string of the molecule is COc1cc(COc2ccc(Br)cc2/C=C(\C#N)C(=O)Nc2cccc(C(F)(F)F)c2)ccc1OCc1ccccc1. The summed E-state index contributed by atoms with van der Waals surface area (Å²) in [5, 5.41) is 12.0. The molecule has 1 amide bonds. The van der Waals surface area contributed by atoms with E-state index in [4.69, 9.17) is 14.2 Å². The molecule has 42 heavy (non-hydrogen) atoms. The predicted octanol–water partition coefficient (Wildman–Crippen LogP) is 8.18. The van der Waals surface area contributed by atoms with Crippen LogP contribution in [0.5, 0.6) is 17.2 Å². The van der Waals surface area contributed by atoms with Gasteiger partial charge in [0.25, 0.3) is 5.91 Å². The van der Waals surface area contributed by atoms with E-state index in [2.05, 4.69) is 21.2 Å². The summed E-state index contributed by atoms with van der Waals surface area (Å²) in [6.07, 6.45) is -3.26. The third kappa shape index (κ3) is 8.15. The van der Waals surface area contributed by atoms with Gasteiger partial charge in [-0.05, 0) is 65.7 Å². The van der Waals surface area contributed by atoms with Crippen molar-refractivity contribution < 1.29 is 32.2 Å². The maximum atomic E-state index is 13.0. The van der Waals surface area contributed by atoms with Crippen molar-refractivity contribution in [2.24, 2.45) is 0 Å². The van der Waals surface area contributed by atoms with Gasteiger partial charge in [-0.2, -0.15) is 18.4 Å². The monoisotopic (exact) mass is 636 g/mol. The quantitative estimate of drug-likeness (QED) is 0.140. The minimum absolute atomic E-state index is 0.0909. The lowest BCUT2D eigenvalue weighted by atomic mass is 10.1. The van der Waals surface area contributed by atoms with Gasteiger partial charge in [0.15, 0.2) is 11.5 Å². The first-order chi connectivity index (χ1) is 20.2. The minimum Gasteiger partial charge on any atom is -0.493 e. The molecule has 0 fully saturated rings. The van der Waals surface area contributed by atoms with Gasteiger partial charge in [0, 0.05) is 15.7 Å². The molecule has 0 aliphatic heterocycles. The molecule has 0 saturated carbocycles. The Morgan fingerprint density at radius 2 is 1.60 bits per heavy atom. The summed E-state index contributed by atoms with van der Waals surface area (Å²) in [4.78, 5) is 12.8. The largest absolute Gasteiger partial charge is 0.493 e. The molecule has 0 atom stereocenters. The molecule has 0 aromatic heterocycles. The molecule has 0 aliphatic rings. The molecule has 0 saturated heterocycles. The molecule has 10 heteroatoms. The van der Waals surface area contributed by atoms with Crippen LogP contribution < -0.4 is 19.5 Å². The number of rotatable bonds is 10. The third-order valence-electron chi connectivity index (χ3n) is 5.94. The number of alkyl halides is 3. The van der Waals surface area contributed by atoms with Crippen molar-refractivity contribution in [3.8, 4) is 23.3 Å². The van der Waals surface area contributed by atoms with Crippen LogP contribution in [0.25, 0.3) is 6.08 Å². The molecule has 0 aliphatic carbocycles. The van der Waals surface area contributed by atoms with Crippen LogP contribution in [0.15, 0.2) is 101 Å². The van der Waals surface area contributed by atoms with Crippen LogP contribution in [-0.4, -0.2) is 13.0 Å². The zero-order valence-corrected chi connectivity index (χ0v) is 23.8. The van der Waals surface area contributed by atoms with Crippen LogP contribution in [0.1, 0.15) is 22.3 Å². The smallest absolute Gasteiger partial charge is 0.416 e. The number of hydrogen-bond donors (Lipinski definition) is 1. The normalized spacial score (nSPS) is 11.4. The van der Waals surface area contributed by atoms with Crippen molar-refractivity contribution in [3.63, 3.8) is 0 Å². The lowest BCUT2D eigenvalue weighted by Crippen LogP contribution is -2.14. The number of carbonyl (C=O) groups excluding carboxylic acids is 1. The number of carbonyl (C=O) groups is 1. The van der Waals surface area contributed by atoms with Gasteiger partial charge in [-0.15, -0.1) is 0 Å². The van der Waals surface area contributed by atoms with Gasteiger partial charge >= 0.3 is 6.18 Å². The topological polar surface area (TPSA) is 80.6 Å². The summed E-state index contributed by atoms with van der Waals surface area (Å²) in [7, 11) is 1.54. The molecule has 0 spiro atoms. The van der Waals surface area contributed by atoms with Crippen molar-refractivity contribution in [3.05, 3.63) is 123 Å². The Balaban J connectivity index is 1.49. The summed E-state index contributed by atoms with van der Waals surface area (Å²) in [5.41, 5.74) is 0.874. The molecule has 0 radical (unpaired) electrons. The van der Waals surface area contributed by atoms with E-state index in [1.54, 1.807) is 43.5 Å². The van der Waals surface area contributed by atoms with E-state index in [0.717, 1.165) is 23.3 Å². The highest BCUT2D eigenvalue weighted by molar-refractivity contribution is 9.10. The van der Waals surface area contributed by atoms with E-state index >= 15 is 0 Å². The first-order valence-corrected chi connectivity index (χ1v) is 13.3. The van der Waals surface area contributed by atoms with E-state index in [9.17, 15) is 23.2 Å². The van der Waals surface area contributed by atoms with Gasteiger partial charge in [-0.3, -0.25) is 4.79 Å². The fourth-order valence-electron chi connectivity index (χ4n) is 3.86. The van der Waals surface area contributed by atoms with E-state index < -0.39 is 17.6 Å². The number of anilines is 1. The second-order valence-electron chi connectivity index (χ2n) is 8.93. The molecule has 214 valence electrons. The molecule has 0 heterocycles. The van der Waals surface area contributed by atoms with Crippen molar-refractivity contribution in [1.82, 2.24) is 0 Å². The number of methoxy groups -OCH3 is 1. The van der Waals surface area contributed by atoms with Crippen LogP contribution in [0, 0.1) is 11.3 Å². The maximum Gasteiger partial charge on any atom is 0.416 e. The third-order valence-corrected chi connectivity index (χ3v) is 6.44. The standard InChI is InChI=1S/C32H24BrF3N2O4/c1-40-30-14-22(10-12-29(30)42-19-21-6-3-2-4-7-21)20-41-28-13-11-26(33)16-23(28)15-24(18-37)31(39)38-27-9-5-8-25(17-27)32(34,35)36/h2-17H,19-20H2,1H3,(H,38,39)/b24-15+. The van der Waals surface area contributed by atoms with Crippen molar-refractivity contribution in [2.75, 3.05) is 12.4 Å². The fourth-order valence-corrected chi connectivity index (χ4v) is 4.24. The van der Waals surface area contributed by atoms with Crippen LogP contribution in [-0.2, 0) is 24.2 Å². The van der Waals surface area contributed by atoms with Crippen molar-refractivity contribution in [1.29, 1.82) is 5.26 Å². The van der Waals surface area contributed by atoms with Gasteiger partial charge < -0.3 is 19.5 Å². The van der Waals surface area contributed by atoms with Crippen LogP contribution in [0.3, 0.4) is 0 Å². The molecule has 0 unspecified atom stereocenters. The van der Waals surface area contributed by atoms with Crippen LogP contribution >= 0.6 is 15.9 Å². The van der Waals surface area contributed by atoms with Crippen molar-refractivity contribution in [2.45, 2.75) is 19.4 Å². The molecule has 6 nitrogen and oxygen atoms in total. The number of nitrogens with one attached hydrogen (secondary N) is 1. The Kier molecular flexibility index (Phi) is 9.89. The van der Waals surface area contributed by atoms with Gasteiger partial charge in [0.1, 0.15) is 30.6 Å². The van der Waals surface area contributed by atoms with E-state index in [-0.39, 0.29) is 17.9 Å². The predicted molar refractivity (Wildman–Crippen MR) is 156 cm³/mol. The van der Waals surface area contributed by atoms with Gasteiger partial charge in [0.2, 0.25) is 0 Å². The first kappa shape index (κ1) is 30.2. The number of ether oxygens (including phenoxy) is 3. The number of nitrogens with zero attached hydrogens (tertiary/aromatic N) is 1. The van der Waals surface area contributed by atoms with Gasteiger partial charge in [-0.1, -0.05) is 58.4 Å². The average Bonchev–Trinajstić information content (AvgIpc) is 2.98. The number of nitriles is 1. The Labute approximate surface area is 249 Å². The molecule has 1 N–H and O–H groups in total. The number of amides is 1. The summed E-state index contributed by atoms with van der Waals surface area (Å²) in [6, 6.07) is 26.2. The van der Waals surface area contributed by atoms with E-state index in [1.807, 2.05) is 36.4 Å². The number of halogens is 4. The van der Waals surface area contributed by atoms with E-state index in [1.165, 1.54) is 18.2 Å². The van der Waals surface area contributed by atoms with Gasteiger partial charge in [0.05, 0.1) is 12.7 Å². The fraction of sp³-hybridized carbons (Fsp3) is 0.125. The lowest BCUT2D eigenvalue weighted by Gasteiger charge is -2.14. The molecule has 4 aromatic carbocycles. The number of hydrogen-bond acceptors (Lipinski definition) is 5. The molecule has 4 aromatic rings. The van der Waals surface area contributed by atoms with Crippen LogP contribution in [0.2, 0.25) is 0 Å². The second kappa shape index (κ2) is 13.7. The summed E-state index contributed by atoms with van der Waals surface area (Å²) in [5.74, 6) is 0.614. The average molecular weight is 637 g/mol. The summed E-state index contributed by atoms with van der Waals surface area (Å²) < 4.78 is 57.2. The summed E-state index contributed by atoms with van der Waals surface area (Å²) in [6.45, 7) is 0.514. The molecular weight excluding hydrogens is 613 g/mol. The Hall–Kier alpha value is -4.75. The van der Waals surface area contributed by atoms with E-state index in [0.29, 0.717) is 33.9 Å². The minimum atomic E-state index is -4.57. The highest BCUT2D eigenvalue weighted by atomic mass is 79.9. The Morgan fingerprint density at radius 3 is 2.31 bits per heavy atom. The van der Waals surface area contributed by atoms with Crippen molar-refractivity contribution >= 4 is 33.6 Å². The maximum absolute atomic E-state index is 13.0. The Morgan fingerprint density at radius 1 is 0.881 bits per heavy atom. The highest BCUT2D eigenvalue weighted by Gasteiger charge is 2.30. The molecular formula is C32H24BrF3N2O4. The molecule has 0 bridgehead atoms. The zero-order valence-electron chi connectivity index (χ0n) is 22.2. The highest BCUT2D eigenvalue weighted by Crippen LogP contribution is 2.32. The van der Waals surface area contributed by atoms with Crippen LogP contribution in [0.4, 0.5) is 18.9 Å².